The highest BCUT2D eigenvalue weighted by Crippen LogP contribution is 2.09. The zero-order valence-corrected chi connectivity index (χ0v) is 7.60. The van der Waals surface area contributed by atoms with Gasteiger partial charge in [0.05, 0.1) is 6.04 Å². The lowest BCUT2D eigenvalue weighted by atomic mass is 10.2. The van der Waals surface area contributed by atoms with E-state index in [0.29, 0.717) is 0 Å². The van der Waals surface area contributed by atoms with Crippen LogP contribution >= 0.6 is 11.6 Å². The Morgan fingerprint density at radius 2 is 2.31 bits per heavy atom. The molecule has 1 heterocycles. The standard InChI is InChI=1S/C7H10ClFN2O2/c8-2-6(12)11-7(13)5-1-4(9)3-10-5/h4-5,10H,1-3H2,(H,11,12,13). The summed E-state index contributed by atoms with van der Waals surface area (Å²) in [7, 11) is 0. The third-order valence-corrected chi connectivity index (χ3v) is 2.02. The molecule has 74 valence electrons. The lowest BCUT2D eigenvalue weighted by molar-refractivity contribution is -0.130. The van der Waals surface area contributed by atoms with Crippen LogP contribution in [0.25, 0.3) is 0 Å². The molecule has 4 nitrogen and oxygen atoms in total. The topological polar surface area (TPSA) is 58.2 Å². The third-order valence-electron chi connectivity index (χ3n) is 1.78. The van der Waals surface area contributed by atoms with Crippen LogP contribution in [-0.4, -0.2) is 36.5 Å². The zero-order valence-electron chi connectivity index (χ0n) is 6.85. The lowest BCUT2D eigenvalue weighted by Gasteiger charge is -2.08. The first-order valence-electron chi connectivity index (χ1n) is 3.90. The zero-order chi connectivity index (χ0) is 9.84. The largest absolute Gasteiger partial charge is 0.303 e. The Morgan fingerprint density at radius 3 is 2.77 bits per heavy atom. The van der Waals surface area contributed by atoms with E-state index < -0.39 is 24.0 Å². The van der Waals surface area contributed by atoms with E-state index in [0.717, 1.165) is 0 Å². The van der Waals surface area contributed by atoms with E-state index in [1.807, 2.05) is 0 Å². The summed E-state index contributed by atoms with van der Waals surface area (Å²) in [5.74, 6) is -1.33. The van der Waals surface area contributed by atoms with Crippen molar-refractivity contribution in [3.05, 3.63) is 0 Å². The quantitative estimate of drug-likeness (QED) is 0.606. The van der Waals surface area contributed by atoms with Crippen LogP contribution in [0.2, 0.25) is 0 Å². The van der Waals surface area contributed by atoms with Gasteiger partial charge in [0.15, 0.2) is 0 Å². The maximum Gasteiger partial charge on any atom is 0.243 e. The van der Waals surface area contributed by atoms with Crippen molar-refractivity contribution in [1.82, 2.24) is 10.6 Å². The minimum atomic E-state index is -1.01. The van der Waals surface area contributed by atoms with Crippen LogP contribution < -0.4 is 10.6 Å². The van der Waals surface area contributed by atoms with Gasteiger partial charge in [-0.3, -0.25) is 14.9 Å². The SMILES string of the molecule is O=C(CCl)NC(=O)C1CC(F)CN1. The van der Waals surface area contributed by atoms with Crippen LogP contribution in [0.1, 0.15) is 6.42 Å². The molecule has 2 amide bonds. The molecule has 6 heteroatoms. The first-order chi connectivity index (χ1) is 6.13. The average Bonchev–Trinajstić information content (AvgIpc) is 2.51. The normalized spacial score (nSPS) is 27.2. The second-order valence-electron chi connectivity index (χ2n) is 2.84. The highest BCUT2D eigenvalue weighted by Gasteiger charge is 2.29. The number of alkyl halides is 2. The van der Waals surface area contributed by atoms with E-state index >= 15 is 0 Å². The number of nitrogens with one attached hydrogen (secondary N) is 2. The summed E-state index contributed by atoms with van der Waals surface area (Å²) in [6.07, 6.45) is -0.900. The monoisotopic (exact) mass is 208 g/mol. The molecule has 2 atom stereocenters. The molecule has 1 aliphatic rings. The van der Waals surface area contributed by atoms with Crippen LogP contribution in [0.3, 0.4) is 0 Å². The van der Waals surface area contributed by atoms with E-state index in [2.05, 4.69) is 10.6 Å². The molecule has 2 N–H and O–H groups in total. The molecule has 0 aliphatic carbocycles. The number of hydrogen-bond donors (Lipinski definition) is 2. The summed E-state index contributed by atoms with van der Waals surface area (Å²) in [4.78, 5) is 21.8. The summed E-state index contributed by atoms with van der Waals surface area (Å²) in [6.45, 7) is 0.160. The number of imide groups is 1. The van der Waals surface area contributed by atoms with E-state index in [1.165, 1.54) is 0 Å². The van der Waals surface area contributed by atoms with Gasteiger partial charge in [0.1, 0.15) is 12.1 Å². The van der Waals surface area contributed by atoms with E-state index in [9.17, 15) is 14.0 Å². The molecule has 1 saturated heterocycles. The van der Waals surface area contributed by atoms with Crippen molar-refractivity contribution in [2.45, 2.75) is 18.6 Å². The van der Waals surface area contributed by atoms with Gasteiger partial charge in [0.25, 0.3) is 0 Å². The lowest BCUT2D eigenvalue weighted by Crippen LogP contribution is -2.43. The molecule has 0 aromatic heterocycles. The van der Waals surface area contributed by atoms with Crippen molar-refractivity contribution in [2.24, 2.45) is 0 Å². The highest BCUT2D eigenvalue weighted by atomic mass is 35.5. The van der Waals surface area contributed by atoms with Crippen molar-refractivity contribution in [3.8, 4) is 0 Å². The second kappa shape index (κ2) is 4.53. The number of amides is 2. The van der Waals surface area contributed by atoms with Gasteiger partial charge in [-0.25, -0.2) is 4.39 Å². The molecule has 1 aliphatic heterocycles. The first-order valence-corrected chi connectivity index (χ1v) is 4.44. The summed E-state index contributed by atoms with van der Waals surface area (Å²) in [5.41, 5.74) is 0. The van der Waals surface area contributed by atoms with Gasteiger partial charge in [0.2, 0.25) is 11.8 Å². The van der Waals surface area contributed by atoms with Gasteiger partial charge in [-0.1, -0.05) is 0 Å². The van der Waals surface area contributed by atoms with Gasteiger partial charge in [-0.15, -0.1) is 11.6 Å². The van der Waals surface area contributed by atoms with Gasteiger partial charge in [0, 0.05) is 13.0 Å². The molecule has 0 saturated carbocycles. The Balaban J connectivity index is 2.36. The third kappa shape index (κ3) is 2.93. The minimum Gasteiger partial charge on any atom is -0.303 e. The van der Waals surface area contributed by atoms with Gasteiger partial charge in [-0.2, -0.15) is 0 Å². The summed E-state index contributed by atoms with van der Waals surface area (Å²) >= 11 is 5.17. The highest BCUT2D eigenvalue weighted by molar-refractivity contribution is 6.28. The number of carbonyl (C=O) groups excluding carboxylic acids is 2. The molecule has 0 bridgehead atoms. The molecule has 0 aromatic rings. The molecular formula is C7H10ClFN2O2. The van der Waals surface area contributed by atoms with Gasteiger partial charge in [-0.05, 0) is 0 Å². The summed E-state index contributed by atoms with van der Waals surface area (Å²) in [6, 6.07) is -0.609. The second-order valence-corrected chi connectivity index (χ2v) is 3.11. The van der Waals surface area contributed by atoms with Crippen molar-refractivity contribution in [2.75, 3.05) is 12.4 Å². The van der Waals surface area contributed by atoms with Crippen LogP contribution in [0.5, 0.6) is 0 Å². The predicted molar refractivity (Wildman–Crippen MR) is 45.2 cm³/mol. The number of halogens is 2. The van der Waals surface area contributed by atoms with Crippen LogP contribution in [0, 0.1) is 0 Å². The van der Waals surface area contributed by atoms with Crippen molar-refractivity contribution < 1.29 is 14.0 Å². The molecule has 13 heavy (non-hydrogen) atoms. The van der Waals surface area contributed by atoms with Gasteiger partial charge >= 0.3 is 0 Å². The van der Waals surface area contributed by atoms with Crippen molar-refractivity contribution in [1.29, 1.82) is 0 Å². The number of hydrogen-bond acceptors (Lipinski definition) is 3. The number of carbonyl (C=O) groups is 2. The van der Waals surface area contributed by atoms with Gasteiger partial charge < -0.3 is 5.32 Å². The maximum absolute atomic E-state index is 12.6. The first kappa shape index (κ1) is 10.4. The molecule has 2 unspecified atom stereocenters. The molecule has 1 rings (SSSR count). The Bertz CT molecular complexity index is 225. The molecule has 1 fully saturated rings. The van der Waals surface area contributed by atoms with Crippen LogP contribution in [-0.2, 0) is 9.59 Å². The van der Waals surface area contributed by atoms with Crippen LogP contribution in [0.4, 0.5) is 4.39 Å². The van der Waals surface area contributed by atoms with Crippen molar-refractivity contribution in [3.63, 3.8) is 0 Å². The number of rotatable bonds is 2. The Morgan fingerprint density at radius 1 is 1.62 bits per heavy atom. The fraction of sp³-hybridized carbons (Fsp3) is 0.714. The molecule has 0 aromatic carbocycles. The predicted octanol–water partition coefficient (Wildman–Crippen LogP) is -0.432. The Hall–Kier alpha value is -0.680. The fourth-order valence-electron chi connectivity index (χ4n) is 1.15. The smallest absolute Gasteiger partial charge is 0.243 e. The summed E-state index contributed by atoms with van der Waals surface area (Å²) in [5, 5.41) is 4.71. The maximum atomic E-state index is 12.6. The molecular weight excluding hydrogens is 199 g/mol. The van der Waals surface area contributed by atoms with E-state index in [1.54, 1.807) is 0 Å². The average molecular weight is 209 g/mol. The van der Waals surface area contributed by atoms with Crippen molar-refractivity contribution >= 4 is 23.4 Å². The summed E-state index contributed by atoms with van der Waals surface area (Å²) < 4.78 is 12.6. The van der Waals surface area contributed by atoms with E-state index in [4.69, 9.17) is 11.6 Å². The van der Waals surface area contributed by atoms with Crippen LogP contribution in [0.15, 0.2) is 0 Å². The molecule has 0 spiro atoms. The Kier molecular flexibility index (Phi) is 3.62. The minimum absolute atomic E-state index is 0.112. The Labute approximate surface area is 79.8 Å². The molecule has 0 radical (unpaired) electrons. The fourth-order valence-corrected chi connectivity index (χ4v) is 1.22. The van der Waals surface area contributed by atoms with E-state index in [-0.39, 0.29) is 18.8 Å².